The largest absolute Gasteiger partial charge is 0.439 e. The Labute approximate surface area is 116 Å². The highest BCUT2D eigenvalue weighted by Gasteiger charge is 2.05. The van der Waals surface area contributed by atoms with E-state index in [1.165, 1.54) is 6.33 Å². The van der Waals surface area contributed by atoms with Crippen LogP contribution < -0.4 is 9.64 Å². The number of likely N-dealkylation sites (N-methyl/N-ethyl adjacent to an activating group) is 1. The molecule has 0 saturated heterocycles. The molecule has 0 amide bonds. The molecule has 0 saturated carbocycles. The zero-order valence-corrected chi connectivity index (χ0v) is 11.2. The summed E-state index contributed by atoms with van der Waals surface area (Å²) in [5, 5.41) is 9.55. The van der Waals surface area contributed by atoms with Gasteiger partial charge in [0.2, 0.25) is 5.88 Å². The summed E-state index contributed by atoms with van der Waals surface area (Å²) in [6, 6.07) is 8.74. The molecule has 0 bridgehead atoms. The minimum absolute atomic E-state index is 0.0634. The van der Waals surface area contributed by atoms with Crippen molar-refractivity contribution in [2.45, 2.75) is 0 Å². The van der Waals surface area contributed by atoms with Gasteiger partial charge in [0.25, 0.3) is 0 Å². The summed E-state index contributed by atoms with van der Waals surface area (Å²) in [5.41, 5.74) is 0. The van der Waals surface area contributed by atoms with Gasteiger partial charge in [-0.05, 0) is 24.3 Å². The molecule has 0 unspecified atom stereocenters. The van der Waals surface area contributed by atoms with Gasteiger partial charge < -0.3 is 14.7 Å². The quantitative estimate of drug-likeness (QED) is 0.910. The van der Waals surface area contributed by atoms with E-state index in [0.717, 1.165) is 0 Å². The van der Waals surface area contributed by atoms with Crippen LogP contribution in [-0.2, 0) is 0 Å². The van der Waals surface area contributed by atoms with Crippen LogP contribution in [0.3, 0.4) is 0 Å². The molecule has 0 aliphatic carbocycles. The standard InChI is InChI=1S/C13H14ClN3O2/c1-17(6-7-18)12-8-13(16-9-15-12)19-11-4-2-10(14)3-5-11/h2-5,8-9,18H,6-7H2,1H3. The molecule has 1 aromatic heterocycles. The molecule has 0 aliphatic heterocycles. The number of aliphatic hydroxyl groups is 1. The van der Waals surface area contributed by atoms with Gasteiger partial charge in [-0.25, -0.2) is 9.97 Å². The molecule has 0 atom stereocenters. The zero-order chi connectivity index (χ0) is 13.7. The predicted octanol–water partition coefficient (Wildman–Crippen LogP) is 2.35. The number of ether oxygens (including phenoxy) is 1. The Hall–Kier alpha value is -1.85. The van der Waals surface area contributed by atoms with Crippen molar-refractivity contribution < 1.29 is 9.84 Å². The first-order chi connectivity index (χ1) is 9.19. The van der Waals surface area contributed by atoms with Gasteiger partial charge in [0, 0.05) is 24.7 Å². The number of anilines is 1. The van der Waals surface area contributed by atoms with Crippen molar-refractivity contribution in [3.63, 3.8) is 0 Å². The van der Waals surface area contributed by atoms with E-state index >= 15 is 0 Å². The Morgan fingerprint density at radius 1 is 1.26 bits per heavy atom. The third kappa shape index (κ3) is 3.81. The van der Waals surface area contributed by atoms with Gasteiger partial charge in [0.05, 0.1) is 6.61 Å². The third-order valence-electron chi connectivity index (χ3n) is 2.49. The lowest BCUT2D eigenvalue weighted by Crippen LogP contribution is -2.22. The Morgan fingerprint density at radius 2 is 2.00 bits per heavy atom. The van der Waals surface area contributed by atoms with Crippen LogP contribution in [0, 0.1) is 0 Å². The van der Waals surface area contributed by atoms with E-state index in [-0.39, 0.29) is 6.61 Å². The molecule has 100 valence electrons. The van der Waals surface area contributed by atoms with Crippen LogP contribution in [0.15, 0.2) is 36.7 Å². The monoisotopic (exact) mass is 279 g/mol. The van der Waals surface area contributed by atoms with Crippen LogP contribution in [0.5, 0.6) is 11.6 Å². The summed E-state index contributed by atoms with van der Waals surface area (Å²) in [6.45, 7) is 0.561. The van der Waals surface area contributed by atoms with Crippen LogP contribution in [-0.4, -0.2) is 35.3 Å². The molecule has 1 heterocycles. The summed E-state index contributed by atoms with van der Waals surface area (Å²) in [7, 11) is 1.84. The lowest BCUT2D eigenvalue weighted by Gasteiger charge is -2.16. The second-order valence-electron chi connectivity index (χ2n) is 3.92. The molecule has 5 nitrogen and oxygen atoms in total. The smallest absolute Gasteiger partial charge is 0.224 e. The first-order valence-electron chi connectivity index (χ1n) is 5.76. The van der Waals surface area contributed by atoms with Crippen molar-refractivity contribution in [1.29, 1.82) is 0 Å². The van der Waals surface area contributed by atoms with Crippen molar-refractivity contribution in [2.75, 3.05) is 25.1 Å². The molecule has 2 rings (SSSR count). The molecule has 0 spiro atoms. The van der Waals surface area contributed by atoms with Crippen molar-refractivity contribution in [3.8, 4) is 11.6 Å². The Morgan fingerprint density at radius 3 is 2.68 bits per heavy atom. The highest BCUT2D eigenvalue weighted by atomic mass is 35.5. The number of rotatable bonds is 5. The summed E-state index contributed by atoms with van der Waals surface area (Å²) in [6.07, 6.45) is 1.43. The SMILES string of the molecule is CN(CCO)c1cc(Oc2ccc(Cl)cc2)ncn1. The molecule has 1 aromatic carbocycles. The number of hydrogen-bond donors (Lipinski definition) is 1. The number of aliphatic hydroxyl groups excluding tert-OH is 1. The predicted molar refractivity (Wildman–Crippen MR) is 73.9 cm³/mol. The van der Waals surface area contributed by atoms with Crippen molar-refractivity contribution >= 4 is 17.4 Å². The van der Waals surface area contributed by atoms with Crippen LogP contribution in [0.25, 0.3) is 0 Å². The Bertz CT molecular complexity index is 534. The highest BCUT2D eigenvalue weighted by Crippen LogP contribution is 2.23. The summed E-state index contributed by atoms with van der Waals surface area (Å²) < 4.78 is 5.60. The molecular formula is C13H14ClN3O2. The highest BCUT2D eigenvalue weighted by molar-refractivity contribution is 6.30. The van der Waals surface area contributed by atoms with Gasteiger partial charge in [-0.3, -0.25) is 0 Å². The van der Waals surface area contributed by atoms with Gasteiger partial charge in [-0.2, -0.15) is 0 Å². The molecule has 0 aliphatic rings. The maximum Gasteiger partial charge on any atom is 0.224 e. The number of aromatic nitrogens is 2. The average molecular weight is 280 g/mol. The molecular weight excluding hydrogens is 266 g/mol. The normalized spacial score (nSPS) is 10.3. The lowest BCUT2D eigenvalue weighted by molar-refractivity contribution is 0.303. The fraction of sp³-hybridized carbons (Fsp3) is 0.231. The van der Waals surface area contributed by atoms with E-state index in [2.05, 4.69) is 9.97 Å². The third-order valence-corrected chi connectivity index (χ3v) is 2.74. The van der Waals surface area contributed by atoms with E-state index < -0.39 is 0 Å². The van der Waals surface area contributed by atoms with Crippen LogP contribution >= 0.6 is 11.6 Å². The molecule has 0 fully saturated rings. The molecule has 19 heavy (non-hydrogen) atoms. The first kappa shape index (κ1) is 13.6. The maximum absolute atomic E-state index is 8.90. The molecule has 1 N–H and O–H groups in total. The van der Waals surface area contributed by atoms with E-state index in [1.807, 2.05) is 11.9 Å². The van der Waals surface area contributed by atoms with Gasteiger partial charge in [0.1, 0.15) is 17.9 Å². The van der Waals surface area contributed by atoms with Crippen LogP contribution in [0.1, 0.15) is 0 Å². The number of hydrogen-bond acceptors (Lipinski definition) is 5. The van der Waals surface area contributed by atoms with Crippen molar-refractivity contribution in [2.24, 2.45) is 0 Å². The topological polar surface area (TPSA) is 58.5 Å². The van der Waals surface area contributed by atoms with E-state index in [1.54, 1.807) is 30.3 Å². The molecule has 2 aromatic rings. The van der Waals surface area contributed by atoms with Crippen molar-refractivity contribution in [1.82, 2.24) is 9.97 Å². The Kier molecular flexibility index (Phi) is 4.54. The van der Waals surface area contributed by atoms with Crippen molar-refractivity contribution in [3.05, 3.63) is 41.7 Å². The number of benzene rings is 1. The second kappa shape index (κ2) is 6.36. The summed E-state index contributed by atoms with van der Waals surface area (Å²) >= 11 is 5.80. The fourth-order valence-corrected chi connectivity index (χ4v) is 1.61. The minimum Gasteiger partial charge on any atom is -0.439 e. The molecule has 6 heteroatoms. The zero-order valence-electron chi connectivity index (χ0n) is 10.5. The van der Waals surface area contributed by atoms with E-state index in [9.17, 15) is 0 Å². The van der Waals surface area contributed by atoms with E-state index in [0.29, 0.717) is 29.0 Å². The van der Waals surface area contributed by atoms with E-state index in [4.69, 9.17) is 21.4 Å². The average Bonchev–Trinajstić information content (AvgIpc) is 2.42. The van der Waals surface area contributed by atoms with Crippen LogP contribution in [0.2, 0.25) is 5.02 Å². The fourth-order valence-electron chi connectivity index (χ4n) is 1.48. The number of nitrogens with zero attached hydrogens (tertiary/aromatic N) is 3. The second-order valence-corrected chi connectivity index (χ2v) is 4.35. The van der Waals surface area contributed by atoms with Gasteiger partial charge in [0.15, 0.2) is 0 Å². The maximum atomic E-state index is 8.90. The van der Waals surface area contributed by atoms with Gasteiger partial charge >= 0.3 is 0 Å². The Balaban J connectivity index is 2.12. The summed E-state index contributed by atoms with van der Waals surface area (Å²) in [5.74, 6) is 1.78. The minimum atomic E-state index is 0.0634. The number of halogens is 1. The summed E-state index contributed by atoms with van der Waals surface area (Å²) in [4.78, 5) is 9.98. The molecule has 0 radical (unpaired) electrons. The first-order valence-corrected chi connectivity index (χ1v) is 6.14. The van der Waals surface area contributed by atoms with Gasteiger partial charge in [-0.15, -0.1) is 0 Å². The van der Waals surface area contributed by atoms with Gasteiger partial charge in [-0.1, -0.05) is 11.6 Å². The lowest BCUT2D eigenvalue weighted by atomic mass is 10.3. The van der Waals surface area contributed by atoms with Crippen LogP contribution in [0.4, 0.5) is 5.82 Å².